The maximum absolute atomic E-state index is 11.3. The summed E-state index contributed by atoms with van der Waals surface area (Å²) in [6.45, 7) is 2.24. The summed E-state index contributed by atoms with van der Waals surface area (Å²) in [5, 5.41) is 0.661. The fourth-order valence-electron chi connectivity index (χ4n) is 1.73. The molecule has 0 unspecified atom stereocenters. The van der Waals surface area contributed by atoms with Crippen molar-refractivity contribution >= 4 is 17.5 Å². The Morgan fingerprint density at radius 2 is 2.18 bits per heavy atom. The van der Waals surface area contributed by atoms with E-state index in [0.29, 0.717) is 23.0 Å². The number of aryl methyl sites for hydroxylation is 1. The number of amides is 1. The van der Waals surface area contributed by atoms with E-state index in [2.05, 4.69) is 4.98 Å². The van der Waals surface area contributed by atoms with Gasteiger partial charge in [0.25, 0.3) is 5.91 Å². The summed E-state index contributed by atoms with van der Waals surface area (Å²) in [6, 6.07) is 7.47. The molecule has 0 radical (unpaired) electrons. The van der Waals surface area contributed by atoms with E-state index in [1.54, 1.807) is 17.8 Å². The number of nitrogens with two attached hydrogens (primary N) is 1. The quantitative estimate of drug-likeness (QED) is 0.904. The van der Waals surface area contributed by atoms with Gasteiger partial charge in [-0.1, -0.05) is 29.8 Å². The van der Waals surface area contributed by atoms with Crippen molar-refractivity contribution in [2.45, 2.75) is 13.5 Å². The van der Waals surface area contributed by atoms with Gasteiger partial charge in [0.15, 0.2) is 0 Å². The molecule has 0 saturated carbocycles. The lowest BCUT2D eigenvalue weighted by Gasteiger charge is -2.07. The van der Waals surface area contributed by atoms with Crippen LogP contribution in [0.2, 0.25) is 5.02 Å². The average molecular weight is 250 g/mol. The van der Waals surface area contributed by atoms with Crippen LogP contribution in [0.4, 0.5) is 0 Å². The highest BCUT2D eigenvalue weighted by Gasteiger charge is 2.13. The highest BCUT2D eigenvalue weighted by molar-refractivity contribution is 6.31. The molecule has 0 atom stereocenters. The monoisotopic (exact) mass is 249 g/mol. The second-order valence-corrected chi connectivity index (χ2v) is 4.17. The number of primary amides is 1. The van der Waals surface area contributed by atoms with E-state index >= 15 is 0 Å². The fraction of sp³-hybridized carbons (Fsp3) is 0.167. The van der Waals surface area contributed by atoms with Crippen molar-refractivity contribution in [1.29, 1.82) is 0 Å². The van der Waals surface area contributed by atoms with Crippen molar-refractivity contribution in [3.05, 3.63) is 52.6 Å². The number of carbonyl (C=O) groups excluding carboxylic acids is 1. The lowest BCUT2D eigenvalue weighted by Crippen LogP contribution is -2.18. The summed E-state index contributed by atoms with van der Waals surface area (Å²) < 4.78 is 1.71. The molecule has 5 heteroatoms. The van der Waals surface area contributed by atoms with E-state index in [0.717, 1.165) is 5.56 Å². The normalized spacial score (nSPS) is 10.5. The van der Waals surface area contributed by atoms with Crippen LogP contribution in [0.5, 0.6) is 0 Å². The second kappa shape index (κ2) is 4.59. The lowest BCUT2D eigenvalue weighted by atomic mass is 10.2. The zero-order chi connectivity index (χ0) is 12.4. The molecule has 1 heterocycles. The summed E-state index contributed by atoms with van der Waals surface area (Å²) in [5.41, 5.74) is 7.29. The highest BCUT2D eigenvalue weighted by Crippen LogP contribution is 2.17. The van der Waals surface area contributed by atoms with Gasteiger partial charge in [0.05, 0.1) is 18.6 Å². The molecule has 1 aromatic heterocycles. The molecular weight excluding hydrogens is 238 g/mol. The van der Waals surface area contributed by atoms with Crippen LogP contribution >= 0.6 is 11.6 Å². The molecule has 0 spiro atoms. The fourth-order valence-corrected chi connectivity index (χ4v) is 1.93. The minimum absolute atomic E-state index is 0.421. The molecule has 0 aliphatic rings. The molecular formula is C12H12ClN3O. The first-order valence-electron chi connectivity index (χ1n) is 5.14. The molecule has 0 saturated heterocycles. The molecule has 0 bridgehead atoms. The van der Waals surface area contributed by atoms with E-state index in [9.17, 15) is 4.79 Å². The minimum atomic E-state index is -0.480. The first kappa shape index (κ1) is 11.7. The molecule has 2 aromatic rings. The molecule has 0 aliphatic heterocycles. The Hall–Kier alpha value is -1.81. The molecule has 1 amide bonds. The Kier molecular flexibility index (Phi) is 3.15. The Morgan fingerprint density at radius 1 is 1.47 bits per heavy atom. The summed E-state index contributed by atoms with van der Waals surface area (Å²) in [7, 11) is 0. The molecule has 2 N–H and O–H groups in total. The number of benzene rings is 1. The van der Waals surface area contributed by atoms with Gasteiger partial charge in [0, 0.05) is 5.02 Å². The largest absolute Gasteiger partial charge is 0.364 e. The van der Waals surface area contributed by atoms with Crippen LogP contribution in [0.3, 0.4) is 0 Å². The van der Waals surface area contributed by atoms with E-state index in [-0.39, 0.29) is 0 Å². The molecule has 0 fully saturated rings. The molecule has 2 rings (SSSR count). The predicted octanol–water partition coefficient (Wildman–Crippen LogP) is 1.99. The first-order valence-corrected chi connectivity index (χ1v) is 5.52. The van der Waals surface area contributed by atoms with Crippen molar-refractivity contribution in [2.24, 2.45) is 5.73 Å². The summed E-state index contributed by atoms with van der Waals surface area (Å²) in [4.78, 5) is 15.4. The topological polar surface area (TPSA) is 60.9 Å². The minimum Gasteiger partial charge on any atom is -0.364 e. The van der Waals surface area contributed by atoms with Crippen LogP contribution < -0.4 is 5.73 Å². The predicted molar refractivity (Wildman–Crippen MR) is 66.0 cm³/mol. The van der Waals surface area contributed by atoms with Crippen molar-refractivity contribution in [2.75, 3.05) is 0 Å². The Bertz CT molecular complexity index is 563. The third-order valence-electron chi connectivity index (χ3n) is 2.55. The Balaban J connectivity index is 2.37. The Labute approximate surface area is 104 Å². The number of nitrogens with zero attached hydrogens (tertiary/aromatic N) is 2. The smallest absolute Gasteiger partial charge is 0.267 e. The van der Waals surface area contributed by atoms with E-state index in [4.69, 9.17) is 17.3 Å². The number of rotatable bonds is 3. The SMILES string of the molecule is Cc1ncn(Cc2ccccc2Cl)c1C(N)=O. The lowest BCUT2D eigenvalue weighted by molar-refractivity contribution is 0.0991. The summed E-state index contributed by atoms with van der Waals surface area (Å²) in [6.07, 6.45) is 1.60. The second-order valence-electron chi connectivity index (χ2n) is 3.76. The van der Waals surface area contributed by atoms with Crippen molar-refractivity contribution in [3.63, 3.8) is 0 Å². The van der Waals surface area contributed by atoms with Crippen LogP contribution in [-0.4, -0.2) is 15.5 Å². The average Bonchev–Trinajstić information content (AvgIpc) is 2.63. The number of aromatic nitrogens is 2. The van der Waals surface area contributed by atoms with E-state index < -0.39 is 5.91 Å². The van der Waals surface area contributed by atoms with Gasteiger partial charge in [-0.25, -0.2) is 4.98 Å². The summed E-state index contributed by atoms with van der Waals surface area (Å²) >= 11 is 6.06. The number of halogens is 1. The third kappa shape index (κ3) is 2.31. The molecule has 17 heavy (non-hydrogen) atoms. The number of carbonyl (C=O) groups is 1. The van der Waals surface area contributed by atoms with Crippen molar-refractivity contribution in [1.82, 2.24) is 9.55 Å². The molecule has 1 aromatic carbocycles. The van der Waals surface area contributed by atoms with E-state index in [1.807, 2.05) is 24.3 Å². The maximum Gasteiger partial charge on any atom is 0.267 e. The van der Waals surface area contributed by atoms with Crippen molar-refractivity contribution in [3.8, 4) is 0 Å². The molecule has 88 valence electrons. The molecule has 4 nitrogen and oxygen atoms in total. The maximum atomic E-state index is 11.3. The van der Waals surface area contributed by atoms with Gasteiger partial charge in [-0.05, 0) is 18.6 Å². The van der Waals surface area contributed by atoms with Gasteiger partial charge in [-0.2, -0.15) is 0 Å². The number of hydrogen-bond donors (Lipinski definition) is 1. The highest BCUT2D eigenvalue weighted by atomic mass is 35.5. The summed E-state index contributed by atoms with van der Waals surface area (Å²) in [5.74, 6) is -0.480. The number of hydrogen-bond acceptors (Lipinski definition) is 2. The van der Waals surface area contributed by atoms with Crippen molar-refractivity contribution < 1.29 is 4.79 Å². The van der Waals surface area contributed by atoms with Crippen LogP contribution in [0.1, 0.15) is 21.7 Å². The van der Waals surface area contributed by atoms with Gasteiger partial charge in [0.2, 0.25) is 0 Å². The molecule has 0 aliphatic carbocycles. The third-order valence-corrected chi connectivity index (χ3v) is 2.92. The Morgan fingerprint density at radius 3 is 2.82 bits per heavy atom. The van der Waals surface area contributed by atoms with Gasteiger partial charge in [-0.15, -0.1) is 0 Å². The van der Waals surface area contributed by atoms with Gasteiger partial charge >= 0.3 is 0 Å². The van der Waals surface area contributed by atoms with Crippen LogP contribution in [-0.2, 0) is 6.54 Å². The standard InChI is InChI=1S/C12H12ClN3O/c1-8-11(12(14)17)16(7-15-8)6-9-4-2-3-5-10(9)13/h2-5,7H,6H2,1H3,(H2,14,17). The van der Waals surface area contributed by atoms with Crippen LogP contribution in [0.15, 0.2) is 30.6 Å². The van der Waals surface area contributed by atoms with E-state index in [1.165, 1.54) is 0 Å². The number of imidazole rings is 1. The zero-order valence-electron chi connectivity index (χ0n) is 9.35. The van der Waals surface area contributed by atoms with Gasteiger partial charge < -0.3 is 10.3 Å². The van der Waals surface area contributed by atoms with Crippen LogP contribution in [0, 0.1) is 6.92 Å². The van der Waals surface area contributed by atoms with Gasteiger partial charge in [-0.3, -0.25) is 4.79 Å². The van der Waals surface area contributed by atoms with Gasteiger partial charge in [0.1, 0.15) is 5.69 Å². The first-order chi connectivity index (χ1) is 8.09. The zero-order valence-corrected chi connectivity index (χ0v) is 10.1. The van der Waals surface area contributed by atoms with Crippen LogP contribution in [0.25, 0.3) is 0 Å².